The Morgan fingerprint density at radius 1 is 1.48 bits per heavy atom. The van der Waals surface area contributed by atoms with Crippen molar-refractivity contribution in [3.05, 3.63) is 17.8 Å². The SMILES string of the molecule is COC(=O)c1cc(N)cnc1NCC1(N(C)C)CCCC1. The van der Waals surface area contributed by atoms with E-state index in [-0.39, 0.29) is 5.54 Å². The summed E-state index contributed by atoms with van der Waals surface area (Å²) in [5.74, 6) is 0.104. The Labute approximate surface area is 125 Å². The molecule has 1 aromatic rings. The molecule has 1 aliphatic carbocycles. The molecule has 0 spiro atoms. The molecule has 21 heavy (non-hydrogen) atoms. The van der Waals surface area contributed by atoms with E-state index < -0.39 is 5.97 Å². The van der Waals surface area contributed by atoms with Gasteiger partial charge in [0.25, 0.3) is 0 Å². The minimum Gasteiger partial charge on any atom is -0.465 e. The van der Waals surface area contributed by atoms with Gasteiger partial charge in [-0.15, -0.1) is 0 Å². The third-order valence-corrected chi connectivity index (χ3v) is 4.38. The van der Waals surface area contributed by atoms with Crippen LogP contribution in [0.4, 0.5) is 11.5 Å². The van der Waals surface area contributed by atoms with Crippen LogP contribution in [0.1, 0.15) is 36.0 Å². The number of carbonyl (C=O) groups excluding carboxylic acids is 1. The summed E-state index contributed by atoms with van der Waals surface area (Å²) < 4.78 is 4.79. The van der Waals surface area contributed by atoms with Crippen molar-refractivity contribution in [1.29, 1.82) is 0 Å². The Bertz CT molecular complexity index is 510. The fourth-order valence-electron chi connectivity index (χ4n) is 2.95. The zero-order chi connectivity index (χ0) is 15.5. The number of rotatable bonds is 5. The van der Waals surface area contributed by atoms with Crippen LogP contribution in [0.2, 0.25) is 0 Å². The van der Waals surface area contributed by atoms with Crippen LogP contribution in [0, 0.1) is 0 Å². The van der Waals surface area contributed by atoms with Crippen LogP contribution < -0.4 is 11.1 Å². The summed E-state index contributed by atoms with van der Waals surface area (Å²) in [6.45, 7) is 0.751. The molecule has 1 heterocycles. The predicted molar refractivity (Wildman–Crippen MR) is 83.4 cm³/mol. The standard InChI is InChI=1S/C15H24N4O2/c1-19(2)15(6-4-5-7-15)10-18-13-12(14(20)21-3)8-11(16)9-17-13/h8-9H,4-7,10,16H2,1-3H3,(H,17,18). The molecule has 1 aromatic heterocycles. The summed E-state index contributed by atoms with van der Waals surface area (Å²) in [5, 5.41) is 3.31. The van der Waals surface area contributed by atoms with Gasteiger partial charge in [-0.25, -0.2) is 9.78 Å². The molecule has 0 aromatic carbocycles. The molecule has 1 aliphatic rings. The average Bonchev–Trinajstić information content (AvgIpc) is 2.95. The number of nitrogens with zero attached hydrogens (tertiary/aromatic N) is 2. The second kappa shape index (κ2) is 6.30. The summed E-state index contributed by atoms with van der Waals surface area (Å²) in [6, 6.07) is 1.60. The molecule has 0 unspecified atom stereocenters. The van der Waals surface area contributed by atoms with Gasteiger partial charge in [0.15, 0.2) is 0 Å². The summed E-state index contributed by atoms with van der Waals surface area (Å²) in [7, 11) is 5.56. The Morgan fingerprint density at radius 2 is 2.14 bits per heavy atom. The number of nitrogens with two attached hydrogens (primary N) is 1. The van der Waals surface area contributed by atoms with Crippen LogP contribution in [0.15, 0.2) is 12.3 Å². The van der Waals surface area contributed by atoms with Crippen molar-refractivity contribution in [3.63, 3.8) is 0 Å². The topological polar surface area (TPSA) is 80.5 Å². The summed E-state index contributed by atoms with van der Waals surface area (Å²) in [6.07, 6.45) is 6.31. The minimum absolute atomic E-state index is 0.121. The normalized spacial score (nSPS) is 17.0. The van der Waals surface area contributed by atoms with Gasteiger partial charge in [-0.05, 0) is 33.0 Å². The Hall–Kier alpha value is -1.82. The number of esters is 1. The number of anilines is 2. The quantitative estimate of drug-likeness (QED) is 0.805. The molecule has 6 nitrogen and oxygen atoms in total. The molecule has 116 valence electrons. The second-order valence-corrected chi connectivity index (χ2v) is 5.84. The van der Waals surface area contributed by atoms with Gasteiger partial charge >= 0.3 is 5.97 Å². The van der Waals surface area contributed by atoms with E-state index >= 15 is 0 Å². The number of aromatic nitrogens is 1. The molecule has 2 rings (SSSR count). The molecule has 0 aliphatic heterocycles. The highest BCUT2D eigenvalue weighted by atomic mass is 16.5. The van der Waals surface area contributed by atoms with Crippen LogP contribution >= 0.6 is 0 Å². The molecular formula is C15H24N4O2. The third-order valence-electron chi connectivity index (χ3n) is 4.38. The number of hydrogen-bond acceptors (Lipinski definition) is 6. The van der Waals surface area contributed by atoms with Crippen LogP contribution in [0.5, 0.6) is 0 Å². The zero-order valence-electron chi connectivity index (χ0n) is 13.0. The van der Waals surface area contributed by atoms with Gasteiger partial charge in [0.1, 0.15) is 11.4 Å². The van der Waals surface area contributed by atoms with E-state index in [0.29, 0.717) is 17.1 Å². The number of carbonyl (C=O) groups is 1. The lowest BCUT2D eigenvalue weighted by Crippen LogP contribution is -2.47. The highest BCUT2D eigenvalue weighted by Gasteiger charge is 2.36. The third kappa shape index (κ3) is 3.26. The molecule has 1 fully saturated rings. The number of likely N-dealkylation sites (N-methyl/N-ethyl adjacent to an activating group) is 1. The number of ether oxygens (including phenoxy) is 1. The first-order chi connectivity index (χ1) is 9.98. The van der Waals surface area contributed by atoms with Crippen molar-refractivity contribution in [1.82, 2.24) is 9.88 Å². The smallest absolute Gasteiger partial charge is 0.341 e. The lowest BCUT2D eigenvalue weighted by molar-refractivity contribution is 0.0601. The summed E-state index contributed by atoms with van der Waals surface area (Å²) >= 11 is 0. The van der Waals surface area contributed by atoms with Crippen molar-refractivity contribution in [2.24, 2.45) is 0 Å². The van der Waals surface area contributed by atoms with E-state index in [1.54, 1.807) is 12.3 Å². The molecule has 3 N–H and O–H groups in total. The van der Waals surface area contributed by atoms with E-state index in [2.05, 4.69) is 29.3 Å². The molecular weight excluding hydrogens is 268 g/mol. The van der Waals surface area contributed by atoms with E-state index in [4.69, 9.17) is 10.5 Å². The Morgan fingerprint density at radius 3 is 2.71 bits per heavy atom. The fourth-order valence-corrected chi connectivity index (χ4v) is 2.95. The van der Waals surface area contributed by atoms with E-state index in [1.807, 2.05) is 0 Å². The fraction of sp³-hybridized carbons (Fsp3) is 0.600. The summed E-state index contributed by atoms with van der Waals surface area (Å²) in [5.41, 5.74) is 6.66. The number of methoxy groups -OCH3 is 1. The zero-order valence-corrected chi connectivity index (χ0v) is 13.0. The largest absolute Gasteiger partial charge is 0.465 e. The van der Waals surface area contributed by atoms with Crippen molar-refractivity contribution >= 4 is 17.5 Å². The number of nitrogen functional groups attached to an aromatic ring is 1. The Kier molecular flexibility index (Phi) is 4.67. The van der Waals surface area contributed by atoms with Crippen molar-refractivity contribution in [2.75, 3.05) is 38.8 Å². The Balaban J connectivity index is 2.18. The monoisotopic (exact) mass is 292 g/mol. The first-order valence-electron chi connectivity index (χ1n) is 7.24. The second-order valence-electron chi connectivity index (χ2n) is 5.84. The highest BCUT2D eigenvalue weighted by Crippen LogP contribution is 2.34. The van der Waals surface area contributed by atoms with Crippen molar-refractivity contribution in [2.45, 2.75) is 31.2 Å². The lowest BCUT2D eigenvalue weighted by Gasteiger charge is -2.36. The molecule has 0 radical (unpaired) electrons. The molecule has 6 heteroatoms. The maximum atomic E-state index is 11.8. The van der Waals surface area contributed by atoms with Gasteiger partial charge < -0.3 is 20.7 Å². The lowest BCUT2D eigenvalue weighted by atomic mass is 9.96. The van der Waals surface area contributed by atoms with Gasteiger partial charge in [0.2, 0.25) is 0 Å². The molecule has 0 saturated heterocycles. The average molecular weight is 292 g/mol. The number of pyridine rings is 1. The predicted octanol–water partition coefficient (Wildman–Crippen LogP) is 1.74. The number of nitrogens with one attached hydrogen (secondary N) is 1. The van der Waals surface area contributed by atoms with Crippen LogP contribution in [0.3, 0.4) is 0 Å². The molecule has 0 bridgehead atoms. The maximum Gasteiger partial charge on any atom is 0.341 e. The molecule has 1 saturated carbocycles. The van der Waals surface area contributed by atoms with Gasteiger partial charge in [-0.1, -0.05) is 12.8 Å². The van der Waals surface area contributed by atoms with E-state index in [9.17, 15) is 4.79 Å². The van der Waals surface area contributed by atoms with E-state index in [1.165, 1.54) is 20.0 Å². The first-order valence-corrected chi connectivity index (χ1v) is 7.24. The van der Waals surface area contributed by atoms with Gasteiger partial charge in [-0.3, -0.25) is 0 Å². The van der Waals surface area contributed by atoms with Gasteiger partial charge in [-0.2, -0.15) is 0 Å². The van der Waals surface area contributed by atoms with E-state index in [0.717, 1.165) is 19.4 Å². The molecule has 0 atom stereocenters. The maximum absolute atomic E-state index is 11.8. The highest BCUT2D eigenvalue weighted by molar-refractivity contribution is 5.95. The van der Waals surface area contributed by atoms with Crippen molar-refractivity contribution in [3.8, 4) is 0 Å². The number of hydrogen-bond donors (Lipinski definition) is 2. The van der Waals surface area contributed by atoms with Crippen LogP contribution in [-0.2, 0) is 4.74 Å². The first kappa shape index (κ1) is 15.6. The minimum atomic E-state index is -0.428. The summed E-state index contributed by atoms with van der Waals surface area (Å²) in [4.78, 5) is 18.3. The van der Waals surface area contributed by atoms with Gasteiger partial charge in [0.05, 0.1) is 19.0 Å². The van der Waals surface area contributed by atoms with Crippen LogP contribution in [-0.4, -0.2) is 49.1 Å². The van der Waals surface area contributed by atoms with Gasteiger partial charge in [0, 0.05) is 12.1 Å². The van der Waals surface area contributed by atoms with Crippen molar-refractivity contribution < 1.29 is 9.53 Å². The van der Waals surface area contributed by atoms with Crippen LogP contribution in [0.25, 0.3) is 0 Å². The molecule has 0 amide bonds.